The van der Waals surface area contributed by atoms with Gasteiger partial charge in [-0.3, -0.25) is 0 Å². The topological polar surface area (TPSA) is 33.5 Å². The van der Waals surface area contributed by atoms with Crippen LogP contribution in [-0.2, 0) is 13.0 Å². The summed E-state index contributed by atoms with van der Waals surface area (Å²) in [7, 11) is 3.97. The molecule has 1 atom stereocenters. The lowest BCUT2D eigenvalue weighted by atomic mass is 9.97. The van der Waals surface area contributed by atoms with Gasteiger partial charge in [0.15, 0.2) is 0 Å². The molecule has 0 saturated carbocycles. The number of likely N-dealkylation sites (tertiary alicyclic amines) is 1. The fourth-order valence-electron chi connectivity index (χ4n) is 4.62. The van der Waals surface area contributed by atoms with E-state index < -0.39 is 0 Å². The lowest BCUT2D eigenvalue weighted by molar-refractivity contribution is 0.142. The highest BCUT2D eigenvalue weighted by Crippen LogP contribution is 2.20. The minimum Gasteiger partial charge on any atom is -0.497 e. The molecule has 164 valence electrons. The summed E-state index contributed by atoms with van der Waals surface area (Å²) in [5, 5.41) is 4.35. The van der Waals surface area contributed by atoms with Gasteiger partial charge in [0.25, 0.3) is 0 Å². The Labute approximate surface area is 186 Å². The van der Waals surface area contributed by atoms with Crippen LogP contribution in [0, 0.1) is 5.92 Å². The highest BCUT2D eigenvalue weighted by molar-refractivity contribution is 5.35. The monoisotopic (exact) mass is 418 g/mol. The summed E-state index contributed by atoms with van der Waals surface area (Å²) >= 11 is 0. The zero-order chi connectivity index (χ0) is 21.5. The van der Waals surface area contributed by atoms with Gasteiger partial charge in [0.1, 0.15) is 5.75 Å². The second-order valence-electron chi connectivity index (χ2n) is 8.72. The molecule has 5 nitrogen and oxygen atoms in total. The SMILES string of the molecule is COc1ccc(CCN2CCC[C@@H](CN(C)Cc3cccc(-n4cccn4)c3)C2)cc1. The van der Waals surface area contributed by atoms with E-state index in [4.69, 9.17) is 4.74 Å². The van der Waals surface area contributed by atoms with E-state index in [1.54, 1.807) is 7.11 Å². The summed E-state index contributed by atoms with van der Waals surface area (Å²) in [5.74, 6) is 1.67. The number of rotatable bonds is 9. The van der Waals surface area contributed by atoms with Gasteiger partial charge in [-0.2, -0.15) is 5.10 Å². The number of aromatic nitrogens is 2. The quantitative estimate of drug-likeness (QED) is 0.520. The summed E-state index contributed by atoms with van der Waals surface area (Å²) < 4.78 is 7.19. The highest BCUT2D eigenvalue weighted by atomic mass is 16.5. The summed E-state index contributed by atoms with van der Waals surface area (Å²) in [6.45, 7) is 5.68. The van der Waals surface area contributed by atoms with E-state index >= 15 is 0 Å². The molecule has 2 aromatic carbocycles. The Kier molecular flexibility index (Phi) is 7.39. The van der Waals surface area contributed by atoms with Gasteiger partial charge in [-0.05, 0) is 80.2 Å². The predicted molar refractivity (Wildman–Crippen MR) is 126 cm³/mol. The summed E-state index contributed by atoms with van der Waals surface area (Å²) in [6.07, 6.45) is 7.55. The molecule has 0 unspecified atom stereocenters. The Balaban J connectivity index is 1.25. The molecule has 3 aromatic rings. The number of benzene rings is 2. The van der Waals surface area contributed by atoms with Gasteiger partial charge >= 0.3 is 0 Å². The molecule has 5 heteroatoms. The first-order valence-electron chi connectivity index (χ1n) is 11.3. The molecule has 1 fully saturated rings. The second-order valence-corrected chi connectivity index (χ2v) is 8.72. The minimum atomic E-state index is 0.740. The molecular weight excluding hydrogens is 384 g/mol. The maximum absolute atomic E-state index is 5.26. The lowest BCUT2D eigenvalue weighted by Gasteiger charge is -2.34. The molecule has 1 aliphatic heterocycles. The fraction of sp³-hybridized carbons (Fsp3) is 0.423. The van der Waals surface area contributed by atoms with Crippen molar-refractivity contribution in [2.24, 2.45) is 5.92 Å². The summed E-state index contributed by atoms with van der Waals surface area (Å²) in [4.78, 5) is 5.12. The van der Waals surface area contributed by atoms with Gasteiger partial charge in [0, 0.05) is 38.6 Å². The number of hydrogen-bond acceptors (Lipinski definition) is 4. The Hall–Kier alpha value is -2.63. The van der Waals surface area contributed by atoms with E-state index in [2.05, 4.69) is 70.5 Å². The van der Waals surface area contributed by atoms with Crippen molar-refractivity contribution in [3.05, 3.63) is 78.1 Å². The Morgan fingerprint density at radius 3 is 2.74 bits per heavy atom. The van der Waals surface area contributed by atoms with E-state index in [0.717, 1.165) is 43.4 Å². The van der Waals surface area contributed by atoms with Crippen molar-refractivity contribution in [1.29, 1.82) is 0 Å². The Bertz CT molecular complexity index is 923. The van der Waals surface area contributed by atoms with Crippen LogP contribution in [0.15, 0.2) is 67.0 Å². The van der Waals surface area contributed by atoms with E-state index in [0.29, 0.717) is 0 Å². The average molecular weight is 419 g/mol. The van der Waals surface area contributed by atoms with Crippen LogP contribution in [0.3, 0.4) is 0 Å². The van der Waals surface area contributed by atoms with Crippen molar-refractivity contribution in [2.75, 3.05) is 40.3 Å². The van der Waals surface area contributed by atoms with Gasteiger partial charge in [-0.15, -0.1) is 0 Å². The zero-order valence-corrected chi connectivity index (χ0v) is 18.8. The average Bonchev–Trinajstić information content (AvgIpc) is 3.33. The van der Waals surface area contributed by atoms with Crippen LogP contribution in [0.4, 0.5) is 0 Å². The van der Waals surface area contributed by atoms with Crippen LogP contribution < -0.4 is 4.74 Å². The van der Waals surface area contributed by atoms with Crippen LogP contribution in [0.5, 0.6) is 5.75 Å². The van der Waals surface area contributed by atoms with Gasteiger partial charge in [-0.1, -0.05) is 24.3 Å². The van der Waals surface area contributed by atoms with Crippen molar-refractivity contribution in [3.63, 3.8) is 0 Å². The normalized spacial score (nSPS) is 17.2. The van der Waals surface area contributed by atoms with Crippen molar-refractivity contribution >= 4 is 0 Å². The smallest absolute Gasteiger partial charge is 0.118 e. The maximum Gasteiger partial charge on any atom is 0.118 e. The van der Waals surface area contributed by atoms with Crippen LogP contribution in [0.25, 0.3) is 5.69 Å². The molecule has 0 spiro atoms. The third-order valence-electron chi connectivity index (χ3n) is 6.18. The predicted octanol–water partition coefficient (Wildman–Crippen LogP) is 4.27. The summed E-state index contributed by atoms with van der Waals surface area (Å²) in [5.41, 5.74) is 3.85. The zero-order valence-electron chi connectivity index (χ0n) is 18.8. The molecule has 0 radical (unpaired) electrons. The van der Waals surface area contributed by atoms with Gasteiger partial charge in [0.2, 0.25) is 0 Å². The van der Waals surface area contributed by atoms with E-state index in [9.17, 15) is 0 Å². The van der Waals surface area contributed by atoms with E-state index in [-0.39, 0.29) is 0 Å². The molecule has 1 aromatic heterocycles. The number of nitrogens with zero attached hydrogens (tertiary/aromatic N) is 4. The Morgan fingerprint density at radius 1 is 1.10 bits per heavy atom. The van der Waals surface area contributed by atoms with Gasteiger partial charge in [-0.25, -0.2) is 4.68 Å². The van der Waals surface area contributed by atoms with E-state index in [1.165, 1.54) is 37.1 Å². The number of ether oxygens (including phenoxy) is 1. The molecule has 2 heterocycles. The van der Waals surface area contributed by atoms with Gasteiger partial charge < -0.3 is 14.5 Å². The fourth-order valence-corrected chi connectivity index (χ4v) is 4.62. The summed E-state index contributed by atoms with van der Waals surface area (Å²) in [6, 6.07) is 19.1. The molecular formula is C26H34N4O. The molecule has 0 amide bonds. The molecule has 0 N–H and O–H groups in total. The highest BCUT2D eigenvalue weighted by Gasteiger charge is 2.21. The number of hydrogen-bond donors (Lipinski definition) is 0. The van der Waals surface area contributed by atoms with Crippen LogP contribution in [0.2, 0.25) is 0 Å². The first-order valence-corrected chi connectivity index (χ1v) is 11.3. The molecule has 1 aliphatic rings. The van der Waals surface area contributed by atoms with Crippen molar-refractivity contribution in [3.8, 4) is 11.4 Å². The van der Waals surface area contributed by atoms with Crippen LogP contribution in [-0.4, -0.2) is 59.9 Å². The molecule has 1 saturated heterocycles. The van der Waals surface area contributed by atoms with Crippen LogP contribution in [0.1, 0.15) is 24.0 Å². The lowest BCUT2D eigenvalue weighted by Crippen LogP contribution is -2.40. The second kappa shape index (κ2) is 10.6. The standard InChI is InChI=1S/C26H34N4O/c1-28(19-23-6-3-8-25(18-23)30-16-5-14-27-30)20-24-7-4-15-29(21-24)17-13-22-9-11-26(31-2)12-10-22/h3,5-6,8-12,14,16,18,24H,4,7,13,15,17,19-21H2,1-2H3/t24-/m0/s1. The van der Waals surface area contributed by atoms with Crippen molar-refractivity contribution < 1.29 is 4.74 Å². The van der Waals surface area contributed by atoms with E-state index in [1.807, 2.05) is 23.1 Å². The number of piperidine rings is 1. The van der Waals surface area contributed by atoms with Crippen LogP contribution >= 0.6 is 0 Å². The van der Waals surface area contributed by atoms with Gasteiger partial charge in [0.05, 0.1) is 12.8 Å². The largest absolute Gasteiger partial charge is 0.497 e. The third-order valence-corrected chi connectivity index (χ3v) is 6.18. The number of methoxy groups -OCH3 is 1. The van der Waals surface area contributed by atoms with Crippen molar-refractivity contribution in [2.45, 2.75) is 25.8 Å². The maximum atomic E-state index is 5.26. The molecule has 0 bridgehead atoms. The first kappa shape index (κ1) is 21.6. The van der Waals surface area contributed by atoms with Crippen molar-refractivity contribution in [1.82, 2.24) is 19.6 Å². The molecule has 31 heavy (non-hydrogen) atoms. The minimum absolute atomic E-state index is 0.740. The Morgan fingerprint density at radius 2 is 1.97 bits per heavy atom. The third kappa shape index (κ3) is 6.18. The first-order chi connectivity index (χ1) is 15.2. The molecule has 4 rings (SSSR count). The molecule has 0 aliphatic carbocycles.